The summed E-state index contributed by atoms with van der Waals surface area (Å²) in [6.07, 6.45) is 4.31. The molecular weight excluding hydrogens is 635 g/mol. The van der Waals surface area contributed by atoms with Gasteiger partial charge in [0.2, 0.25) is 0 Å². The molecular formula is C38H49FN8O3. The molecule has 2 aromatic carbocycles. The number of pyridine rings is 1. The number of nitrogens with one attached hydrogen (secondary N) is 4. The average Bonchev–Trinajstić information content (AvgIpc) is 3.07. The summed E-state index contributed by atoms with van der Waals surface area (Å²) in [6.45, 7) is 12.9. The van der Waals surface area contributed by atoms with Crippen molar-refractivity contribution >= 4 is 23.4 Å². The Morgan fingerprint density at radius 1 is 1.12 bits per heavy atom. The Morgan fingerprint density at radius 2 is 1.84 bits per heavy atom. The summed E-state index contributed by atoms with van der Waals surface area (Å²) in [6, 6.07) is 15.2. The smallest absolute Gasteiger partial charge is 0.320 e. The summed E-state index contributed by atoms with van der Waals surface area (Å²) in [7, 11) is 0. The van der Waals surface area contributed by atoms with Gasteiger partial charge in [0.05, 0.1) is 31.1 Å². The number of aromatic nitrogens is 1. The number of halogens is 1. The van der Waals surface area contributed by atoms with E-state index < -0.39 is 6.03 Å². The van der Waals surface area contributed by atoms with Crippen molar-refractivity contribution in [3.05, 3.63) is 101 Å². The van der Waals surface area contributed by atoms with Crippen LogP contribution in [0.4, 0.5) is 14.9 Å². The van der Waals surface area contributed by atoms with Crippen LogP contribution in [0.5, 0.6) is 5.75 Å². The fourth-order valence-electron chi connectivity index (χ4n) is 5.88. The molecule has 2 unspecified atom stereocenters. The number of rotatable bonds is 8. The van der Waals surface area contributed by atoms with Crippen LogP contribution in [0, 0.1) is 28.0 Å². The number of amides is 2. The largest absolute Gasteiger partial charge is 0.484 e. The fourth-order valence-corrected chi connectivity index (χ4v) is 5.88. The van der Waals surface area contributed by atoms with Gasteiger partial charge in [-0.25, -0.2) is 14.2 Å². The maximum atomic E-state index is 14.8. The lowest BCUT2D eigenvalue weighted by atomic mass is 9.85. The van der Waals surface area contributed by atoms with Crippen LogP contribution in [-0.4, -0.2) is 53.5 Å². The normalized spacial score (nSPS) is 18.8. The zero-order chi connectivity index (χ0) is 36.0. The molecule has 11 nitrogen and oxygen atoms in total. The first-order valence-electron chi connectivity index (χ1n) is 17.1. The number of nitrogens with zero attached hydrogens (tertiary/aromatic N) is 3. The Bertz CT molecular complexity index is 1820. The monoisotopic (exact) mass is 684 g/mol. The topological polar surface area (TPSA) is 154 Å². The van der Waals surface area contributed by atoms with Crippen molar-refractivity contribution in [2.24, 2.45) is 22.1 Å². The van der Waals surface area contributed by atoms with Gasteiger partial charge in [-0.05, 0) is 54.3 Å². The molecule has 50 heavy (non-hydrogen) atoms. The summed E-state index contributed by atoms with van der Waals surface area (Å²) in [5.74, 6) is 0.755. The Balaban J connectivity index is 1.34. The molecule has 1 fully saturated rings. The van der Waals surface area contributed by atoms with E-state index in [0.29, 0.717) is 61.1 Å². The molecule has 5 rings (SSSR count). The number of carbonyl (C=O) groups excluding carboxylic acids is 1. The SMILES string of the molecule is CC(C)C(=N)n1cc(OC2CCC(NC(=O)NC(C=C(N)C(C)(C)C)=Nc3ccc(F)c(CN4CCOCC4)c3)c3ccccc32)ccc1=N. The predicted molar refractivity (Wildman–Crippen MR) is 193 cm³/mol. The molecule has 0 saturated carbocycles. The average molecular weight is 685 g/mol. The lowest BCUT2D eigenvalue weighted by molar-refractivity contribution is 0.0337. The number of nitrogens with two attached hydrogens (primary N) is 1. The van der Waals surface area contributed by atoms with Crippen molar-refractivity contribution in [2.75, 3.05) is 26.3 Å². The van der Waals surface area contributed by atoms with Crippen LogP contribution in [0.25, 0.3) is 0 Å². The molecule has 1 aliphatic heterocycles. The van der Waals surface area contributed by atoms with Crippen LogP contribution < -0.4 is 26.6 Å². The van der Waals surface area contributed by atoms with Crippen molar-refractivity contribution in [3.63, 3.8) is 0 Å². The molecule has 266 valence electrons. The number of ether oxygens (including phenoxy) is 2. The number of hydrogen-bond donors (Lipinski definition) is 5. The van der Waals surface area contributed by atoms with Crippen LogP contribution in [0.2, 0.25) is 0 Å². The third-order valence-electron chi connectivity index (χ3n) is 8.92. The number of aliphatic imine (C=N–C) groups is 1. The van der Waals surface area contributed by atoms with Gasteiger partial charge >= 0.3 is 6.03 Å². The van der Waals surface area contributed by atoms with Gasteiger partial charge in [0.25, 0.3) is 0 Å². The maximum absolute atomic E-state index is 14.8. The second-order valence-corrected chi connectivity index (χ2v) is 14.1. The maximum Gasteiger partial charge on any atom is 0.320 e. The molecule has 1 saturated heterocycles. The first kappa shape index (κ1) is 36.5. The number of urea groups is 1. The van der Waals surface area contributed by atoms with E-state index in [1.54, 1.807) is 36.5 Å². The minimum Gasteiger partial charge on any atom is -0.484 e. The lowest BCUT2D eigenvalue weighted by Crippen LogP contribution is -2.42. The van der Waals surface area contributed by atoms with Crippen LogP contribution in [0.1, 0.15) is 76.3 Å². The molecule has 2 amide bonds. The number of benzene rings is 2. The van der Waals surface area contributed by atoms with Crippen molar-refractivity contribution in [2.45, 2.75) is 66.2 Å². The minimum atomic E-state index is -0.448. The highest BCUT2D eigenvalue weighted by atomic mass is 19.1. The Morgan fingerprint density at radius 3 is 2.54 bits per heavy atom. The minimum absolute atomic E-state index is 0.0489. The van der Waals surface area contributed by atoms with E-state index in [2.05, 4.69) is 15.5 Å². The third-order valence-corrected chi connectivity index (χ3v) is 8.92. The highest BCUT2D eigenvalue weighted by Crippen LogP contribution is 2.38. The quantitative estimate of drug-likeness (QED) is 0.139. The molecule has 0 radical (unpaired) electrons. The van der Waals surface area contributed by atoms with Gasteiger partial charge < -0.3 is 20.5 Å². The molecule has 2 heterocycles. The van der Waals surface area contributed by atoms with Gasteiger partial charge in [0.1, 0.15) is 34.8 Å². The van der Waals surface area contributed by atoms with Crippen molar-refractivity contribution in [1.82, 2.24) is 20.1 Å². The molecule has 12 heteroatoms. The molecule has 2 aliphatic rings. The van der Waals surface area contributed by atoms with Crippen LogP contribution in [-0.2, 0) is 11.3 Å². The molecule has 3 aromatic rings. The van der Waals surface area contributed by atoms with Crippen molar-refractivity contribution < 1.29 is 18.7 Å². The van der Waals surface area contributed by atoms with E-state index in [0.717, 1.165) is 24.2 Å². The predicted octanol–water partition coefficient (Wildman–Crippen LogP) is 6.29. The Kier molecular flexibility index (Phi) is 11.5. The van der Waals surface area contributed by atoms with Crippen LogP contribution in [0.3, 0.4) is 0 Å². The van der Waals surface area contributed by atoms with Crippen LogP contribution >= 0.6 is 0 Å². The number of hydrogen-bond acceptors (Lipinski definition) is 8. The zero-order valence-corrected chi connectivity index (χ0v) is 29.6. The van der Waals surface area contributed by atoms with Gasteiger partial charge in [-0.3, -0.25) is 25.6 Å². The van der Waals surface area contributed by atoms with Crippen molar-refractivity contribution in [1.29, 1.82) is 10.8 Å². The summed E-state index contributed by atoms with van der Waals surface area (Å²) in [5, 5.41) is 22.7. The lowest BCUT2D eigenvalue weighted by Gasteiger charge is -2.32. The van der Waals surface area contributed by atoms with Gasteiger partial charge in [0, 0.05) is 48.3 Å². The highest BCUT2D eigenvalue weighted by Gasteiger charge is 2.30. The second-order valence-electron chi connectivity index (χ2n) is 14.1. The first-order chi connectivity index (χ1) is 23.8. The van der Waals surface area contributed by atoms with Crippen molar-refractivity contribution in [3.8, 4) is 5.75 Å². The molecule has 0 spiro atoms. The molecule has 6 N–H and O–H groups in total. The second kappa shape index (κ2) is 15.8. The van der Waals surface area contributed by atoms with E-state index in [-0.39, 0.29) is 40.6 Å². The number of amidine groups is 1. The fraction of sp³-hybridized carbons (Fsp3) is 0.421. The summed E-state index contributed by atoms with van der Waals surface area (Å²) >= 11 is 0. The summed E-state index contributed by atoms with van der Waals surface area (Å²) in [4.78, 5) is 20.4. The summed E-state index contributed by atoms with van der Waals surface area (Å²) in [5.41, 5.74) is 9.69. The zero-order valence-electron chi connectivity index (χ0n) is 29.6. The molecule has 1 aliphatic carbocycles. The van der Waals surface area contributed by atoms with Gasteiger partial charge in [0.15, 0.2) is 0 Å². The van der Waals surface area contributed by atoms with E-state index in [9.17, 15) is 9.18 Å². The molecule has 1 aromatic heterocycles. The molecule has 2 atom stereocenters. The Hall–Kier alpha value is -4.81. The number of fused-ring (bicyclic) bond motifs is 1. The third kappa shape index (κ3) is 9.25. The van der Waals surface area contributed by atoms with Gasteiger partial charge in [-0.15, -0.1) is 0 Å². The van der Waals surface area contributed by atoms with E-state index in [1.807, 2.05) is 58.9 Å². The molecule has 0 bridgehead atoms. The summed E-state index contributed by atoms with van der Waals surface area (Å²) < 4.78 is 28.2. The van der Waals surface area contributed by atoms with E-state index in [4.69, 9.17) is 31.0 Å². The van der Waals surface area contributed by atoms with Crippen LogP contribution in [0.15, 0.2) is 77.6 Å². The van der Waals surface area contributed by atoms with E-state index in [1.165, 1.54) is 10.6 Å². The number of morpholine rings is 1. The van der Waals surface area contributed by atoms with Gasteiger partial charge in [-0.1, -0.05) is 58.9 Å². The van der Waals surface area contributed by atoms with E-state index >= 15 is 0 Å². The standard InChI is InChI=1S/C38H49FN8O3/c1-24(2)36(42)47-23-27(11-15-34(47)41)50-32-14-13-31(28-8-6-7-9-29(28)32)44-37(48)45-35(21-33(40)38(3,4)5)43-26-10-12-30(39)25(20-26)22-46-16-18-49-19-17-46/h6-12,15,20-21,23-24,31-32,41-42H,13-14,16-19,22,40H2,1-5H3,(H2,43,44,45,48). The number of carbonyl (C=O) groups is 1. The Labute approximate surface area is 293 Å². The first-order valence-corrected chi connectivity index (χ1v) is 17.1. The number of allylic oxidation sites excluding steroid dienone is 1. The van der Waals surface area contributed by atoms with Gasteiger partial charge in [-0.2, -0.15) is 0 Å². The highest BCUT2D eigenvalue weighted by molar-refractivity contribution is 6.05.